The van der Waals surface area contributed by atoms with E-state index in [1.165, 1.54) is 0 Å². The van der Waals surface area contributed by atoms with Gasteiger partial charge < -0.3 is 5.32 Å². The molecule has 5 nitrogen and oxygen atoms in total. The molecule has 2 N–H and O–H groups in total. The molecule has 0 atom stereocenters. The highest BCUT2D eigenvalue weighted by Crippen LogP contribution is 2.45. The molecule has 178 valence electrons. The van der Waals surface area contributed by atoms with E-state index < -0.39 is 29.2 Å². The second kappa shape index (κ2) is 7.97. The lowest BCUT2D eigenvalue weighted by atomic mass is 10.0. The van der Waals surface area contributed by atoms with Crippen LogP contribution in [-0.4, -0.2) is 20.4 Å². The van der Waals surface area contributed by atoms with Gasteiger partial charge in [-0.3, -0.25) is 5.10 Å². The van der Waals surface area contributed by atoms with Gasteiger partial charge >= 0.3 is 12.4 Å². The zero-order chi connectivity index (χ0) is 25.0. The van der Waals surface area contributed by atoms with Gasteiger partial charge in [0.15, 0.2) is 5.82 Å². The zero-order valence-corrected chi connectivity index (χ0v) is 17.9. The molecule has 0 radical (unpaired) electrons. The lowest BCUT2D eigenvalue weighted by Crippen LogP contribution is -2.18. The van der Waals surface area contributed by atoms with Crippen LogP contribution in [0.15, 0.2) is 60.7 Å². The van der Waals surface area contributed by atoms with Crippen molar-refractivity contribution in [1.82, 2.24) is 20.4 Å². The van der Waals surface area contributed by atoms with Gasteiger partial charge in [0.25, 0.3) is 0 Å². The first-order valence-electron chi connectivity index (χ1n) is 10.3. The molecule has 2 heterocycles. The van der Waals surface area contributed by atoms with Gasteiger partial charge in [-0.1, -0.05) is 42.5 Å². The largest absolute Gasteiger partial charge is 0.419 e. The van der Waals surface area contributed by atoms with E-state index in [2.05, 4.69) is 25.7 Å². The van der Waals surface area contributed by atoms with Crippen molar-refractivity contribution in [3.05, 3.63) is 77.5 Å². The summed E-state index contributed by atoms with van der Waals surface area (Å²) in [6, 6.07) is 14.4. The van der Waals surface area contributed by atoms with Crippen molar-refractivity contribution < 1.29 is 26.3 Å². The van der Waals surface area contributed by atoms with Crippen molar-refractivity contribution in [3.8, 4) is 11.3 Å². The fraction of sp³-hybridized carbons (Fsp3) is 0.125. The SMILES string of the molecule is Cc1[nH]nc2cc(-c3nnc(Nc4cccc(C(F)(F)F)c4C(F)(F)F)c4ccccc34)ccc12. The quantitative estimate of drug-likeness (QED) is 0.263. The monoisotopic (exact) mass is 487 g/mol. The Morgan fingerprint density at radius 3 is 2.23 bits per heavy atom. The fourth-order valence-electron chi connectivity index (χ4n) is 4.03. The lowest BCUT2D eigenvalue weighted by Gasteiger charge is -2.20. The number of aryl methyl sites for hydroxylation is 1. The number of fused-ring (bicyclic) bond motifs is 2. The summed E-state index contributed by atoms with van der Waals surface area (Å²) in [5.74, 6) is -0.106. The number of hydrogen-bond donors (Lipinski definition) is 2. The molecule has 2 aromatic heterocycles. The summed E-state index contributed by atoms with van der Waals surface area (Å²) in [7, 11) is 0. The number of nitrogens with zero attached hydrogens (tertiary/aromatic N) is 3. The fourth-order valence-corrected chi connectivity index (χ4v) is 4.03. The third kappa shape index (κ3) is 4.02. The average molecular weight is 487 g/mol. The van der Waals surface area contributed by atoms with Crippen LogP contribution in [0.5, 0.6) is 0 Å². The van der Waals surface area contributed by atoms with Gasteiger partial charge in [-0.05, 0) is 25.1 Å². The van der Waals surface area contributed by atoms with Gasteiger partial charge in [-0.15, -0.1) is 10.2 Å². The van der Waals surface area contributed by atoms with Gasteiger partial charge in [0, 0.05) is 27.4 Å². The maximum absolute atomic E-state index is 13.7. The van der Waals surface area contributed by atoms with Gasteiger partial charge in [0.05, 0.1) is 22.3 Å². The van der Waals surface area contributed by atoms with Crippen LogP contribution in [0, 0.1) is 6.92 Å². The van der Waals surface area contributed by atoms with E-state index in [4.69, 9.17) is 0 Å². The van der Waals surface area contributed by atoms with E-state index in [0.717, 1.165) is 23.2 Å². The minimum Gasteiger partial charge on any atom is -0.338 e. The minimum absolute atomic E-state index is 0.106. The molecule has 5 rings (SSSR count). The molecule has 35 heavy (non-hydrogen) atoms. The van der Waals surface area contributed by atoms with Crippen LogP contribution in [0.4, 0.5) is 37.8 Å². The Kier molecular flexibility index (Phi) is 5.15. The minimum atomic E-state index is -5.26. The Morgan fingerprint density at radius 1 is 0.771 bits per heavy atom. The molecule has 11 heteroatoms. The molecule has 0 spiro atoms. The number of benzene rings is 3. The lowest BCUT2D eigenvalue weighted by molar-refractivity contribution is -0.161. The molecule has 0 fully saturated rings. The molecular weight excluding hydrogens is 472 g/mol. The number of nitrogens with one attached hydrogen (secondary N) is 2. The molecule has 0 saturated heterocycles. The number of alkyl halides is 6. The molecule has 0 aliphatic rings. The van der Waals surface area contributed by atoms with Crippen molar-refractivity contribution >= 4 is 33.2 Å². The number of halogens is 6. The number of hydrogen-bond acceptors (Lipinski definition) is 4. The maximum Gasteiger partial charge on any atom is 0.419 e. The van der Waals surface area contributed by atoms with Gasteiger partial charge in [-0.25, -0.2) is 0 Å². The Bertz CT molecular complexity index is 1570. The van der Waals surface area contributed by atoms with Crippen LogP contribution >= 0.6 is 0 Å². The summed E-state index contributed by atoms with van der Waals surface area (Å²) in [5, 5.41) is 19.7. The Hall–Kier alpha value is -4.15. The number of aromatic amines is 1. The highest BCUT2D eigenvalue weighted by molar-refractivity contribution is 6.02. The molecule has 0 unspecified atom stereocenters. The van der Waals surface area contributed by atoms with E-state index >= 15 is 0 Å². The Labute approximate surface area is 193 Å². The molecule has 0 bridgehead atoms. The summed E-state index contributed by atoms with van der Waals surface area (Å²) in [5.41, 5.74) is -1.65. The second-order valence-electron chi connectivity index (χ2n) is 7.87. The van der Waals surface area contributed by atoms with Crippen molar-refractivity contribution in [2.45, 2.75) is 19.3 Å². The average Bonchev–Trinajstić information content (AvgIpc) is 3.18. The molecular formula is C24H15F6N5. The normalized spacial score (nSPS) is 12.4. The van der Waals surface area contributed by atoms with E-state index in [-0.39, 0.29) is 5.82 Å². The van der Waals surface area contributed by atoms with Crippen molar-refractivity contribution in [2.75, 3.05) is 5.32 Å². The van der Waals surface area contributed by atoms with Crippen LogP contribution in [0.25, 0.3) is 32.9 Å². The molecule has 0 aliphatic heterocycles. The topological polar surface area (TPSA) is 66.5 Å². The summed E-state index contributed by atoms with van der Waals surface area (Å²) in [4.78, 5) is 0. The third-order valence-electron chi connectivity index (χ3n) is 5.61. The van der Waals surface area contributed by atoms with Crippen LogP contribution < -0.4 is 5.32 Å². The zero-order valence-electron chi connectivity index (χ0n) is 17.9. The molecule has 5 aromatic rings. The first-order chi connectivity index (χ1) is 16.5. The van der Waals surface area contributed by atoms with Crippen LogP contribution in [0.3, 0.4) is 0 Å². The number of rotatable bonds is 3. The van der Waals surface area contributed by atoms with E-state index in [0.29, 0.717) is 33.6 Å². The third-order valence-corrected chi connectivity index (χ3v) is 5.61. The van der Waals surface area contributed by atoms with E-state index in [1.54, 1.807) is 30.3 Å². The standard InChI is InChI=1S/C24H15F6N5/c1-12-14-10-9-13(11-19(14)33-32-12)21-15-5-2-3-6-16(15)22(35-34-21)31-18-8-4-7-17(23(25,26)27)20(18)24(28,29)30/h2-11H,1H3,(H,31,35)(H,32,33). The van der Waals surface area contributed by atoms with Gasteiger partial charge in [0.1, 0.15) is 5.69 Å². The highest BCUT2D eigenvalue weighted by Gasteiger charge is 2.45. The van der Waals surface area contributed by atoms with E-state index in [9.17, 15) is 26.3 Å². The first-order valence-corrected chi connectivity index (χ1v) is 10.3. The summed E-state index contributed by atoms with van der Waals surface area (Å²) < 4.78 is 81.1. The van der Waals surface area contributed by atoms with Gasteiger partial charge in [0.2, 0.25) is 0 Å². The predicted molar refractivity (Wildman–Crippen MR) is 119 cm³/mol. The first kappa shape index (κ1) is 22.6. The molecule has 0 saturated carbocycles. The highest BCUT2D eigenvalue weighted by atomic mass is 19.4. The summed E-state index contributed by atoms with van der Waals surface area (Å²) in [6.45, 7) is 1.88. The smallest absolute Gasteiger partial charge is 0.338 e. The molecule has 3 aromatic carbocycles. The van der Waals surface area contributed by atoms with E-state index in [1.807, 2.05) is 19.1 Å². The van der Waals surface area contributed by atoms with Crippen molar-refractivity contribution in [2.24, 2.45) is 0 Å². The van der Waals surface area contributed by atoms with Crippen LogP contribution in [0.1, 0.15) is 16.8 Å². The Morgan fingerprint density at radius 2 is 1.51 bits per heavy atom. The van der Waals surface area contributed by atoms with Crippen LogP contribution in [-0.2, 0) is 12.4 Å². The van der Waals surface area contributed by atoms with Crippen LogP contribution in [0.2, 0.25) is 0 Å². The maximum atomic E-state index is 13.7. The van der Waals surface area contributed by atoms with Crippen molar-refractivity contribution in [3.63, 3.8) is 0 Å². The number of aromatic nitrogens is 4. The Balaban J connectivity index is 1.65. The summed E-state index contributed by atoms with van der Waals surface area (Å²) in [6.07, 6.45) is -10.4. The second-order valence-corrected chi connectivity index (χ2v) is 7.87. The predicted octanol–water partition coefficient (Wildman–Crippen LogP) is 7.26. The molecule has 0 amide bonds. The summed E-state index contributed by atoms with van der Waals surface area (Å²) >= 11 is 0. The molecule has 0 aliphatic carbocycles. The number of anilines is 2. The number of H-pyrrole nitrogens is 1. The van der Waals surface area contributed by atoms with Gasteiger partial charge in [-0.2, -0.15) is 31.4 Å². The van der Waals surface area contributed by atoms with Crippen molar-refractivity contribution in [1.29, 1.82) is 0 Å².